The largest absolute Gasteiger partial charge is 0.274 e. The molecule has 0 unspecified atom stereocenters. The lowest BCUT2D eigenvalue weighted by atomic mass is 10.2. The summed E-state index contributed by atoms with van der Waals surface area (Å²) in [5.74, 6) is 0. The number of hydrogen-bond donors (Lipinski definition) is 0. The lowest BCUT2D eigenvalue weighted by molar-refractivity contribution is 1.02. The van der Waals surface area contributed by atoms with Gasteiger partial charge in [0, 0.05) is 10.7 Å². The highest BCUT2D eigenvalue weighted by atomic mass is 79.9. The zero-order valence-electron chi connectivity index (χ0n) is 8.14. The number of aromatic nitrogens is 2. The van der Waals surface area contributed by atoms with Crippen molar-refractivity contribution in [1.29, 1.82) is 0 Å². The summed E-state index contributed by atoms with van der Waals surface area (Å²) >= 11 is 3.34. The highest BCUT2D eigenvalue weighted by Gasteiger charge is 2.02. The van der Waals surface area contributed by atoms with Crippen molar-refractivity contribution in [2.45, 2.75) is 6.92 Å². The second-order valence-electron chi connectivity index (χ2n) is 3.10. The van der Waals surface area contributed by atoms with Gasteiger partial charge in [0.1, 0.15) is 6.33 Å². The molecule has 0 aliphatic rings. The molecule has 0 radical (unpaired) electrons. The summed E-state index contributed by atoms with van der Waals surface area (Å²) in [5, 5.41) is 0.616. The Morgan fingerprint density at radius 1 is 1.47 bits per heavy atom. The number of rotatable bonds is 1. The summed E-state index contributed by atoms with van der Waals surface area (Å²) < 4.78 is 2.35. The van der Waals surface area contributed by atoms with Gasteiger partial charge < -0.3 is 0 Å². The Labute approximate surface area is 95.2 Å². The van der Waals surface area contributed by atoms with Crippen LogP contribution < -0.4 is 5.56 Å². The molecule has 0 saturated heterocycles. The maximum absolute atomic E-state index is 11.9. The summed E-state index contributed by atoms with van der Waals surface area (Å²) in [5.41, 5.74) is 0.656. The first-order valence-electron chi connectivity index (χ1n) is 4.51. The van der Waals surface area contributed by atoms with Gasteiger partial charge in [0.05, 0.1) is 10.9 Å². The minimum absolute atomic E-state index is 0.0561. The first-order valence-corrected chi connectivity index (χ1v) is 5.31. The van der Waals surface area contributed by atoms with Crippen molar-refractivity contribution in [1.82, 2.24) is 9.55 Å². The third kappa shape index (κ3) is 1.85. The highest BCUT2D eigenvalue weighted by molar-refractivity contribution is 9.10. The van der Waals surface area contributed by atoms with E-state index in [1.807, 2.05) is 19.1 Å². The molecule has 15 heavy (non-hydrogen) atoms. The van der Waals surface area contributed by atoms with E-state index in [-0.39, 0.29) is 5.56 Å². The van der Waals surface area contributed by atoms with Crippen LogP contribution in [0.1, 0.15) is 6.92 Å². The van der Waals surface area contributed by atoms with Crippen molar-refractivity contribution in [3.8, 4) is 0 Å². The minimum Gasteiger partial charge on any atom is -0.274 e. The molecular formula is C11H9BrN2O. The van der Waals surface area contributed by atoms with Crippen LogP contribution in [0.5, 0.6) is 0 Å². The maximum Gasteiger partial charge on any atom is 0.265 e. The van der Waals surface area contributed by atoms with E-state index in [1.54, 1.807) is 18.3 Å². The highest BCUT2D eigenvalue weighted by Crippen LogP contribution is 2.14. The van der Waals surface area contributed by atoms with Gasteiger partial charge in [-0.1, -0.05) is 22.0 Å². The van der Waals surface area contributed by atoms with Crippen molar-refractivity contribution in [3.05, 3.63) is 45.4 Å². The number of nitrogens with zero attached hydrogens (tertiary/aromatic N) is 2. The molecule has 1 aromatic heterocycles. The Bertz CT molecular complexity index is 587. The van der Waals surface area contributed by atoms with Gasteiger partial charge in [-0.15, -0.1) is 0 Å². The zero-order valence-corrected chi connectivity index (χ0v) is 9.73. The number of benzene rings is 1. The number of fused-ring (bicyclic) bond motifs is 1. The molecule has 2 aromatic rings. The van der Waals surface area contributed by atoms with Crippen molar-refractivity contribution >= 4 is 33.0 Å². The topological polar surface area (TPSA) is 34.9 Å². The van der Waals surface area contributed by atoms with E-state index in [1.165, 1.54) is 10.9 Å². The molecule has 1 heterocycles. The molecule has 0 fully saturated rings. The third-order valence-electron chi connectivity index (χ3n) is 2.05. The van der Waals surface area contributed by atoms with Gasteiger partial charge in [-0.25, -0.2) is 4.98 Å². The van der Waals surface area contributed by atoms with Crippen LogP contribution in [0.15, 0.2) is 39.9 Å². The van der Waals surface area contributed by atoms with Crippen molar-refractivity contribution < 1.29 is 0 Å². The molecule has 1 aromatic carbocycles. The van der Waals surface area contributed by atoms with E-state index in [0.717, 1.165) is 4.47 Å². The molecule has 0 amide bonds. The molecule has 0 saturated carbocycles. The van der Waals surface area contributed by atoms with Crippen LogP contribution >= 0.6 is 15.9 Å². The van der Waals surface area contributed by atoms with Gasteiger partial charge in [0.15, 0.2) is 0 Å². The number of halogens is 1. The standard InChI is InChI=1S/C11H9BrN2O/c1-2-5-14-7-13-10-4-3-8(12)6-9(10)11(14)15/h2-7H,1H3/b5-2+. The predicted molar refractivity (Wildman–Crippen MR) is 64.7 cm³/mol. The van der Waals surface area contributed by atoms with Crippen molar-refractivity contribution in [2.75, 3.05) is 0 Å². The number of hydrogen-bond acceptors (Lipinski definition) is 2. The molecule has 76 valence electrons. The van der Waals surface area contributed by atoms with E-state index in [2.05, 4.69) is 20.9 Å². The smallest absolute Gasteiger partial charge is 0.265 e. The van der Waals surface area contributed by atoms with E-state index in [0.29, 0.717) is 10.9 Å². The first-order chi connectivity index (χ1) is 7.22. The Morgan fingerprint density at radius 2 is 2.27 bits per heavy atom. The maximum atomic E-state index is 11.9. The van der Waals surface area contributed by atoms with E-state index < -0.39 is 0 Å². The van der Waals surface area contributed by atoms with Crippen LogP contribution in [0.2, 0.25) is 0 Å². The summed E-state index contributed by atoms with van der Waals surface area (Å²) in [6.45, 7) is 1.86. The van der Waals surface area contributed by atoms with Gasteiger partial charge in [0.25, 0.3) is 5.56 Å². The molecule has 0 aliphatic heterocycles. The van der Waals surface area contributed by atoms with Crippen LogP contribution in [0.3, 0.4) is 0 Å². The summed E-state index contributed by atoms with van der Waals surface area (Å²) in [6, 6.07) is 5.47. The SMILES string of the molecule is C/C=C/n1cnc2ccc(Br)cc2c1=O. The van der Waals surface area contributed by atoms with Crippen molar-refractivity contribution in [2.24, 2.45) is 0 Å². The van der Waals surface area contributed by atoms with Crippen LogP contribution in [0.4, 0.5) is 0 Å². The first kappa shape index (κ1) is 10.1. The summed E-state index contributed by atoms with van der Waals surface area (Å²) in [4.78, 5) is 16.1. The van der Waals surface area contributed by atoms with Gasteiger partial charge in [-0.05, 0) is 25.1 Å². The van der Waals surface area contributed by atoms with Crippen LogP contribution in [0.25, 0.3) is 17.1 Å². The molecule has 4 heteroatoms. The van der Waals surface area contributed by atoms with Gasteiger partial charge >= 0.3 is 0 Å². The molecule has 0 bridgehead atoms. The second-order valence-corrected chi connectivity index (χ2v) is 4.02. The molecule has 0 atom stereocenters. The molecule has 3 nitrogen and oxygen atoms in total. The van der Waals surface area contributed by atoms with Crippen molar-refractivity contribution in [3.63, 3.8) is 0 Å². The van der Waals surface area contributed by atoms with Gasteiger partial charge in [0.2, 0.25) is 0 Å². The van der Waals surface area contributed by atoms with E-state index >= 15 is 0 Å². The predicted octanol–water partition coefficient (Wildman–Crippen LogP) is 2.65. The van der Waals surface area contributed by atoms with E-state index in [4.69, 9.17) is 0 Å². The van der Waals surface area contributed by atoms with Gasteiger partial charge in [-0.3, -0.25) is 9.36 Å². The third-order valence-corrected chi connectivity index (χ3v) is 2.55. The van der Waals surface area contributed by atoms with E-state index in [9.17, 15) is 4.79 Å². The average molecular weight is 265 g/mol. The lowest BCUT2D eigenvalue weighted by Gasteiger charge is -2.01. The molecular weight excluding hydrogens is 256 g/mol. The van der Waals surface area contributed by atoms with Crippen LogP contribution in [-0.2, 0) is 0 Å². The van der Waals surface area contributed by atoms with Gasteiger partial charge in [-0.2, -0.15) is 0 Å². The Morgan fingerprint density at radius 3 is 3.00 bits per heavy atom. The fourth-order valence-corrected chi connectivity index (χ4v) is 1.74. The molecule has 0 N–H and O–H groups in total. The summed E-state index contributed by atoms with van der Waals surface area (Å²) in [7, 11) is 0. The normalized spacial score (nSPS) is 11.3. The Balaban J connectivity index is 2.83. The average Bonchev–Trinajstić information content (AvgIpc) is 2.23. The monoisotopic (exact) mass is 264 g/mol. The minimum atomic E-state index is -0.0561. The Hall–Kier alpha value is -1.42. The Kier molecular flexibility index (Phi) is 2.68. The quantitative estimate of drug-likeness (QED) is 0.794. The fraction of sp³-hybridized carbons (Fsp3) is 0.0909. The molecule has 0 aliphatic carbocycles. The molecule has 2 rings (SSSR count). The lowest BCUT2D eigenvalue weighted by Crippen LogP contribution is -2.15. The number of allylic oxidation sites excluding steroid dienone is 1. The van der Waals surface area contributed by atoms with Crippen LogP contribution in [-0.4, -0.2) is 9.55 Å². The zero-order chi connectivity index (χ0) is 10.8. The molecule has 0 spiro atoms. The second kappa shape index (κ2) is 3.98. The van der Waals surface area contributed by atoms with Crippen LogP contribution in [0, 0.1) is 0 Å². The summed E-state index contributed by atoms with van der Waals surface area (Å²) in [6.07, 6.45) is 5.02. The fourth-order valence-electron chi connectivity index (χ4n) is 1.37.